The normalized spacial score (nSPS) is 23.2. The zero-order valence-corrected chi connectivity index (χ0v) is 15.2. The Morgan fingerprint density at radius 1 is 1.33 bits per heavy atom. The van der Waals surface area contributed by atoms with Crippen molar-refractivity contribution in [2.24, 2.45) is 11.3 Å². The van der Waals surface area contributed by atoms with Crippen molar-refractivity contribution in [2.75, 3.05) is 13.7 Å². The van der Waals surface area contributed by atoms with Crippen LogP contribution >= 0.6 is 0 Å². The van der Waals surface area contributed by atoms with E-state index in [2.05, 4.69) is 13.8 Å². The maximum absolute atomic E-state index is 13.0. The van der Waals surface area contributed by atoms with Gasteiger partial charge >= 0.3 is 5.97 Å². The summed E-state index contributed by atoms with van der Waals surface area (Å²) in [7, 11) is 1.40. The van der Waals surface area contributed by atoms with Crippen molar-refractivity contribution in [3.63, 3.8) is 0 Å². The highest BCUT2D eigenvalue weighted by Crippen LogP contribution is 2.41. The summed E-state index contributed by atoms with van der Waals surface area (Å²) in [5.74, 6) is 0.0930. The number of nitrogens with zero attached hydrogens (tertiary/aromatic N) is 1. The number of hydrogen-bond donors (Lipinski definition) is 0. The smallest absolute Gasteiger partial charge is 0.328 e. The first-order valence-corrected chi connectivity index (χ1v) is 8.86. The molecular weight excluding hydrogens is 302 g/mol. The first kappa shape index (κ1) is 18.5. The number of carbonyl (C=O) groups is 2. The number of aryl methyl sites for hydroxylation is 1. The monoisotopic (exact) mass is 331 g/mol. The van der Waals surface area contributed by atoms with E-state index in [4.69, 9.17) is 4.74 Å². The van der Waals surface area contributed by atoms with Gasteiger partial charge in [-0.25, -0.2) is 4.79 Å². The van der Waals surface area contributed by atoms with Gasteiger partial charge in [0.2, 0.25) is 5.91 Å². The zero-order chi connectivity index (χ0) is 17.7. The minimum absolute atomic E-state index is 0.0975. The number of amides is 1. The number of hydrogen-bond acceptors (Lipinski definition) is 3. The van der Waals surface area contributed by atoms with E-state index in [9.17, 15) is 9.59 Å². The number of rotatable bonds is 7. The average Bonchev–Trinajstić information content (AvgIpc) is 2.91. The van der Waals surface area contributed by atoms with Gasteiger partial charge in [0.25, 0.3) is 0 Å². The standard InChI is InChI=1S/C20H29NO3/c1-5-15(2)20(3)13-14-21(19(20)23)17(18(22)24-4)12-11-16-9-7-6-8-10-16/h6-10,15,17H,5,11-14H2,1-4H3/t15?,17?,20-/m1/s1. The molecule has 4 heteroatoms. The molecule has 0 aromatic heterocycles. The molecule has 2 unspecified atom stereocenters. The van der Waals surface area contributed by atoms with Crippen molar-refractivity contribution in [1.29, 1.82) is 0 Å². The van der Waals surface area contributed by atoms with Crippen LogP contribution in [-0.2, 0) is 20.7 Å². The lowest BCUT2D eigenvalue weighted by molar-refractivity contribution is -0.154. The van der Waals surface area contributed by atoms with Crippen LogP contribution in [0.2, 0.25) is 0 Å². The predicted molar refractivity (Wildman–Crippen MR) is 94.5 cm³/mol. The number of esters is 1. The molecule has 2 rings (SSSR count). The van der Waals surface area contributed by atoms with E-state index in [1.165, 1.54) is 12.7 Å². The summed E-state index contributed by atoms with van der Waals surface area (Å²) in [6, 6.07) is 9.55. The number of benzene rings is 1. The Bertz CT molecular complexity index is 572. The van der Waals surface area contributed by atoms with Gasteiger partial charge in [-0.15, -0.1) is 0 Å². The van der Waals surface area contributed by atoms with Crippen LogP contribution in [0.1, 0.15) is 45.6 Å². The minimum atomic E-state index is -0.492. The van der Waals surface area contributed by atoms with Crippen LogP contribution in [0.4, 0.5) is 0 Å². The zero-order valence-electron chi connectivity index (χ0n) is 15.2. The molecule has 1 heterocycles. The molecule has 1 aromatic carbocycles. The summed E-state index contributed by atoms with van der Waals surface area (Å²) in [5, 5.41) is 0. The predicted octanol–water partition coefficient (Wildman–Crippen LogP) is 3.45. The third-order valence-corrected chi connectivity index (χ3v) is 5.72. The molecular formula is C20H29NO3. The molecule has 1 aromatic rings. The van der Waals surface area contributed by atoms with E-state index in [-0.39, 0.29) is 17.3 Å². The summed E-state index contributed by atoms with van der Waals surface area (Å²) in [4.78, 5) is 27.1. The lowest BCUT2D eigenvalue weighted by Crippen LogP contribution is -2.46. The molecule has 1 fully saturated rings. The number of carbonyl (C=O) groups excluding carboxylic acids is 2. The van der Waals surface area contributed by atoms with Gasteiger partial charge < -0.3 is 9.64 Å². The van der Waals surface area contributed by atoms with E-state index in [1.54, 1.807) is 4.90 Å². The summed E-state index contributed by atoms with van der Waals surface area (Å²) >= 11 is 0. The SMILES string of the molecule is CCC(C)[C@@]1(C)CCN(C(CCc2ccccc2)C(=O)OC)C1=O. The van der Waals surface area contributed by atoms with Crippen LogP contribution in [-0.4, -0.2) is 36.5 Å². The quantitative estimate of drug-likeness (QED) is 0.719. The van der Waals surface area contributed by atoms with E-state index in [0.29, 0.717) is 18.9 Å². The first-order chi connectivity index (χ1) is 11.4. The number of ether oxygens (including phenoxy) is 1. The Hall–Kier alpha value is -1.84. The highest BCUT2D eigenvalue weighted by atomic mass is 16.5. The number of methoxy groups -OCH3 is 1. The molecule has 1 amide bonds. The van der Waals surface area contributed by atoms with Crippen molar-refractivity contribution in [3.05, 3.63) is 35.9 Å². The van der Waals surface area contributed by atoms with Gasteiger partial charge in [0.15, 0.2) is 0 Å². The Labute approximate surface area is 145 Å². The van der Waals surface area contributed by atoms with Crippen LogP contribution in [0.25, 0.3) is 0 Å². The summed E-state index contributed by atoms with van der Waals surface area (Å²) < 4.78 is 4.98. The van der Waals surface area contributed by atoms with Gasteiger partial charge in [-0.3, -0.25) is 4.79 Å². The molecule has 0 aliphatic carbocycles. The Morgan fingerprint density at radius 2 is 2.00 bits per heavy atom. The van der Waals surface area contributed by atoms with Crippen LogP contribution < -0.4 is 0 Å². The molecule has 1 aliphatic rings. The van der Waals surface area contributed by atoms with Crippen molar-refractivity contribution in [1.82, 2.24) is 4.90 Å². The highest BCUT2D eigenvalue weighted by molar-refractivity contribution is 5.89. The van der Waals surface area contributed by atoms with Crippen LogP contribution in [0.3, 0.4) is 0 Å². The summed E-state index contributed by atoms with van der Waals surface area (Å²) in [6.07, 6.45) is 3.12. The summed E-state index contributed by atoms with van der Waals surface area (Å²) in [6.45, 7) is 6.90. The molecule has 4 nitrogen and oxygen atoms in total. The molecule has 1 saturated heterocycles. The molecule has 3 atom stereocenters. The maximum atomic E-state index is 13.0. The van der Waals surface area contributed by atoms with Gasteiger partial charge in [-0.1, -0.05) is 57.5 Å². The third-order valence-electron chi connectivity index (χ3n) is 5.72. The lowest BCUT2D eigenvalue weighted by atomic mass is 9.75. The topological polar surface area (TPSA) is 46.6 Å². The van der Waals surface area contributed by atoms with Crippen LogP contribution in [0, 0.1) is 11.3 Å². The molecule has 0 spiro atoms. The lowest BCUT2D eigenvalue weighted by Gasteiger charge is -2.31. The largest absolute Gasteiger partial charge is 0.467 e. The van der Waals surface area contributed by atoms with E-state index < -0.39 is 6.04 Å². The van der Waals surface area contributed by atoms with Crippen molar-refractivity contribution in [2.45, 2.75) is 52.5 Å². The van der Waals surface area contributed by atoms with E-state index in [1.807, 2.05) is 37.3 Å². The molecule has 132 valence electrons. The molecule has 24 heavy (non-hydrogen) atoms. The minimum Gasteiger partial charge on any atom is -0.467 e. The fourth-order valence-corrected chi connectivity index (χ4v) is 3.58. The second-order valence-corrected chi connectivity index (χ2v) is 7.04. The molecule has 0 saturated carbocycles. The Morgan fingerprint density at radius 3 is 2.58 bits per heavy atom. The second-order valence-electron chi connectivity index (χ2n) is 7.04. The number of likely N-dealkylation sites (tertiary alicyclic amines) is 1. The first-order valence-electron chi connectivity index (χ1n) is 8.86. The Balaban J connectivity index is 2.14. The van der Waals surface area contributed by atoms with Gasteiger partial charge in [0.1, 0.15) is 6.04 Å². The third kappa shape index (κ3) is 3.63. The Kier molecular flexibility index (Phi) is 6.03. The van der Waals surface area contributed by atoms with Crippen LogP contribution in [0.15, 0.2) is 30.3 Å². The van der Waals surface area contributed by atoms with Crippen molar-refractivity contribution >= 4 is 11.9 Å². The fraction of sp³-hybridized carbons (Fsp3) is 0.600. The summed E-state index contributed by atoms with van der Waals surface area (Å²) in [5.41, 5.74) is 0.802. The molecule has 0 bridgehead atoms. The van der Waals surface area contributed by atoms with Gasteiger partial charge in [0, 0.05) is 6.54 Å². The fourth-order valence-electron chi connectivity index (χ4n) is 3.58. The molecule has 0 radical (unpaired) electrons. The van der Waals surface area contributed by atoms with Gasteiger partial charge in [-0.05, 0) is 30.7 Å². The van der Waals surface area contributed by atoms with Crippen molar-refractivity contribution in [3.8, 4) is 0 Å². The maximum Gasteiger partial charge on any atom is 0.328 e. The molecule has 0 N–H and O–H groups in total. The van der Waals surface area contributed by atoms with E-state index >= 15 is 0 Å². The van der Waals surface area contributed by atoms with Crippen molar-refractivity contribution < 1.29 is 14.3 Å². The van der Waals surface area contributed by atoms with Gasteiger partial charge in [-0.2, -0.15) is 0 Å². The van der Waals surface area contributed by atoms with Gasteiger partial charge in [0.05, 0.1) is 12.5 Å². The average molecular weight is 331 g/mol. The van der Waals surface area contributed by atoms with E-state index in [0.717, 1.165) is 19.3 Å². The second kappa shape index (κ2) is 7.82. The highest BCUT2D eigenvalue weighted by Gasteiger charge is 2.49. The molecule has 1 aliphatic heterocycles. The van der Waals surface area contributed by atoms with Crippen LogP contribution in [0.5, 0.6) is 0 Å².